The Balaban J connectivity index is 1.68. The fourth-order valence-electron chi connectivity index (χ4n) is 3.83. The number of benzene rings is 3. The second-order valence-electron chi connectivity index (χ2n) is 7.75. The Morgan fingerprint density at radius 2 is 1.61 bits per heavy atom. The minimum atomic E-state index is -3.78. The van der Waals surface area contributed by atoms with Crippen molar-refractivity contribution in [1.82, 2.24) is 9.36 Å². The van der Waals surface area contributed by atoms with Crippen LogP contribution in [0.5, 0.6) is 0 Å². The average Bonchev–Trinajstić information content (AvgIpc) is 3.00. The van der Waals surface area contributed by atoms with Gasteiger partial charge in [0.2, 0.25) is 15.9 Å². The van der Waals surface area contributed by atoms with Crippen LogP contribution in [0.2, 0.25) is 0 Å². The number of rotatable bonds is 6. The molecule has 0 radical (unpaired) electrons. The molecule has 1 amide bonds. The molecule has 1 aromatic heterocycles. The van der Waals surface area contributed by atoms with Crippen LogP contribution in [-0.2, 0) is 21.9 Å². The summed E-state index contributed by atoms with van der Waals surface area (Å²) >= 11 is 0. The van der Waals surface area contributed by atoms with Crippen molar-refractivity contribution in [3.8, 4) is 5.69 Å². The third-order valence-electron chi connectivity index (χ3n) is 5.54. The Labute approximate surface area is 191 Å². The first-order valence-electron chi connectivity index (χ1n) is 10.3. The van der Waals surface area contributed by atoms with Gasteiger partial charge in [-0.3, -0.25) is 18.6 Å². The third kappa shape index (κ3) is 4.27. The van der Waals surface area contributed by atoms with Crippen molar-refractivity contribution in [3.05, 3.63) is 88.8 Å². The van der Waals surface area contributed by atoms with Crippen molar-refractivity contribution in [2.45, 2.75) is 6.92 Å². The molecule has 8 nitrogen and oxygen atoms in total. The van der Waals surface area contributed by atoms with E-state index in [0.717, 1.165) is 15.9 Å². The minimum absolute atomic E-state index is 0.109. The molecule has 0 aliphatic carbocycles. The van der Waals surface area contributed by atoms with Crippen LogP contribution in [0.3, 0.4) is 0 Å². The van der Waals surface area contributed by atoms with Crippen LogP contribution in [0.25, 0.3) is 16.5 Å². The Kier molecular flexibility index (Phi) is 5.82. The van der Waals surface area contributed by atoms with Gasteiger partial charge in [0.1, 0.15) is 12.2 Å². The highest BCUT2D eigenvalue weighted by molar-refractivity contribution is 7.92. The zero-order valence-electron chi connectivity index (χ0n) is 18.5. The molecule has 4 rings (SSSR count). The second kappa shape index (κ2) is 8.59. The van der Waals surface area contributed by atoms with Crippen LogP contribution in [0, 0.1) is 6.92 Å². The smallest absolute Gasteiger partial charge is 0.295 e. The largest absolute Gasteiger partial charge is 0.318 e. The topological polar surface area (TPSA) is 93.4 Å². The number of hydrogen-bond donors (Lipinski definition) is 1. The maximum absolute atomic E-state index is 13.1. The zero-order chi connectivity index (χ0) is 23.8. The molecule has 1 N–H and O–H groups in total. The Morgan fingerprint density at radius 1 is 0.970 bits per heavy atom. The van der Waals surface area contributed by atoms with E-state index < -0.39 is 28.0 Å². The summed E-state index contributed by atoms with van der Waals surface area (Å²) in [6.45, 7) is 1.25. The lowest BCUT2D eigenvalue weighted by Crippen LogP contribution is -2.38. The number of sulfonamides is 1. The van der Waals surface area contributed by atoms with Gasteiger partial charge in [-0.1, -0.05) is 54.6 Å². The maximum Gasteiger partial charge on any atom is 0.295 e. The highest BCUT2D eigenvalue weighted by Crippen LogP contribution is 2.28. The Bertz CT molecular complexity index is 1500. The van der Waals surface area contributed by atoms with Gasteiger partial charge < -0.3 is 5.32 Å². The molecule has 33 heavy (non-hydrogen) atoms. The van der Waals surface area contributed by atoms with E-state index in [-0.39, 0.29) is 5.69 Å². The van der Waals surface area contributed by atoms with Gasteiger partial charge in [-0.25, -0.2) is 13.1 Å². The molecule has 0 unspecified atom stereocenters. The number of aromatic nitrogens is 2. The summed E-state index contributed by atoms with van der Waals surface area (Å²) in [5.74, 6) is -0.612. The number of carbonyl (C=O) groups is 1. The van der Waals surface area contributed by atoms with Gasteiger partial charge in [0.05, 0.1) is 23.3 Å². The molecule has 3 aromatic carbocycles. The van der Waals surface area contributed by atoms with Crippen LogP contribution >= 0.6 is 0 Å². The number of hydrogen-bond acceptors (Lipinski definition) is 4. The second-order valence-corrected chi connectivity index (χ2v) is 9.66. The Hall–Kier alpha value is -3.85. The first-order chi connectivity index (χ1) is 15.7. The summed E-state index contributed by atoms with van der Waals surface area (Å²) in [4.78, 5) is 26.0. The summed E-state index contributed by atoms with van der Waals surface area (Å²) in [6.07, 6.45) is 1.05. The molecule has 0 spiro atoms. The number of anilines is 2. The molecule has 170 valence electrons. The van der Waals surface area contributed by atoms with Crippen molar-refractivity contribution in [1.29, 1.82) is 0 Å². The number of nitrogens with zero attached hydrogens (tertiary/aromatic N) is 3. The minimum Gasteiger partial charge on any atom is -0.318 e. The molecule has 1 heterocycles. The highest BCUT2D eigenvalue weighted by Gasteiger charge is 2.24. The summed E-state index contributed by atoms with van der Waals surface area (Å²) in [6, 6.07) is 21.7. The van der Waals surface area contributed by atoms with E-state index in [2.05, 4.69) is 5.32 Å². The molecule has 4 aromatic rings. The van der Waals surface area contributed by atoms with E-state index in [0.29, 0.717) is 22.5 Å². The van der Waals surface area contributed by atoms with E-state index in [1.165, 1.54) is 4.68 Å². The number of amides is 1. The van der Waals surface area contributed by atoms with E-state index >= 15 is 0 Å². The standard InChI is InChI=1S/C24H24N4O4S/c1-17-23(24(30)28(26(17)2)19-12-5-4-6-13-19)25-22(29)16-27(33(3,31)32)21-15-9-11-18-10-7-8-14-20(18)21/h4-15H,16H2,1-3H3,(H,25,29). The summed E-state index contributed by atoms with van der Waals surface area (Å²) in [5.41, 5.74) is 1.32. The van der Waals surface area contributed by atoms with Gasteiger partial charge in [0, 0.05) is 12.4 Å². The van der Waals surface area contributed by atoms with Crippen molar-refractivity contribution >= 4 is 38.1 Å². The first-order valence-corrected chi connectivity index (χ1v) is 12.1. The van der Waals surface area contributed by atoms with E-state index in [9.17, 15) is 18.0 Å². The van der Waals surface area contributed by atoms with Gasteiger partial charge in [-0.2, -0.15) is 0 Å². The van der Waals surface area contributed by atoms with Gasteiger partial charge in [-0.05, 0) is 30.5 Å². The fourth-order valence-corrected chi connectivity index (χ4v) is 4.70. The molecule has 0 aliphatic rings. The van der Waals surface area contributed by atoms with Gasteiger partial charge in [0.15, 0.2) is 0 Å². The molecule has 0 fully saturated rings. The number of fused-ring (bicyclic) bond motifs is 1. The summed E-state index contributed by atoms with van der Waals surface area (Å²) in [7, 11) is -2.06. The van der Waals surface area contributed by atoms with Crippen molar-refractivity contribution in [2.24, 2.45) is 7.05 Å². The van der Waals surface area contributed by atoms with Crippen LogP contribution in [0.1, 0.15) is 5.69 Å². The van der Waals surface area contributed by atoms with Gasteiger partial charge in [0.25, 0.3) is 5.56 Å². The predicted molar refractivity (Wildman–Crippen MR) is 131 cm³/mol. The number of carbonyl (C=O) groups excluding carboxylic acids is 1. The van der Waals surface area contributed by atoms with Crippen molar-refractivity contribution in [3.63, 3.8) is 0 Å². The normalized spacial score (nSPS) is 11.5. The number of para-hydroxylation sites is 1. The van der Waals surface area contributed by atoms with Crippen LogP contribution in [0.15, 0.2) is 77.6 Å². The lowest BCUT2D eigenvalue weighted by Gasteiger charge is -2.23. The lowest BCUT2D eigenvalue weighted by atomic mass is 10.1. The number of nitrogens with one attached hydrogen (secondary N) is 1. The lowest BCUT2D eigenvalue weighted by molar-refractivity contribution is -0.114. The van der Waals surface area contributed by atoms with Crippen molar-refractivity contribution in [2.75, 3.05) is 22.4 Å². The summed E-state index contributed by atoms with van der Waals surface area (Å²) < 4.78 is 29.4. The zero-order valence-corrected chi connectivity index (χ0v) is 19.3. The Morgan fingerprint density at radius 3 is 2.30 bits per heavy atom. The van der Waals surface area contributed by atoms with Crippen LogP contribution < -0.4 is 15.2 Å². The molecule has 9 heteroatoms. The van der Waals surface area contributed by atoms with E-state index in [1.54, 1.807) is 49.0 Å². The quantitative estimate of drug-likeness (QED) is 0.475. The third-order valence-corrected chi connectivity index (χ3v) is 6.67. The predicted octanol–water partition coefficient (Wildman–Crippen LogP) is 3.04. The molecule has 0 saturated heterocycles. The molecular formula is C24H24N4O4S. The maximum atomic E-state index is 13.1. The van der Waals surface area contributed by atoms with Gasteiger partial charge >= 0.3 is 0 Å². The molecule has 0 saturated carbocycles. The molecule has 0 bridgehead atoms. The molecule has 0 aliphatic heterocycles. The first kappa shape index (κ1) is 22.3. The van der Waals surface area contributed by atoms with E-state index in [4.69, 9.17) is 0 Å². The average molecular weight is 465 g/mol. The SMILES string of the molecule is Cc1c(NC(=O)CN(c2cccc3ccccc23)S(C)(=O)=O)c(=O)n(-c2ccccc2)n1C. The van der Waals surface area contributed by atoms with Crippen molar-refractivity contribution < 1.29 is 13.2 Å². The van der Waals surface area contributed by atoms with Crippen LogP contribution in [-0.4, -0.2) is 36.5 Å². The molecular weight excluding hydrogens is 440 g/mol. The van der Waals surface area contributed by atoms with Crippen LogP contribution in [0.4, 0.5) is 11.4 Å². The summed E-state index contributed by atoms with van der Waals surface area (Å²) in [5, 5.41) is 4.19. The fraction of sp³-hybridized carbons (Fsp3) is 0.167. The molecule has 0 atom stereocenters. The highest BCUT2D eigenvalue weighted by atomic mass is 32.2. The van der Waals surface area contributed by atoms with Gasteiger partial charge in [-0.15, -0.1) is 0 Å². The van der Waals surface area contributed by atoms with E-state index in [1.807, 2.05) is 42.5 Å². The monoisotopic (exact) mass is 464 g/mol.